The molecule has 1 amide bonds. The molecule has 0 unspecified atom stereocenters. The van der Waals surface area contributed by atoms with E-state index in [9.17, 15) is 14.0 Å². The van der Waals surface area contributed by atoms with Gasteiger partial charge in [0.1, 0.15) is 5.82 Å². The summed E-state index contributed by atoms with van der Waals surface area (Å²) in [4.78, 5) is 30.1. The molecule has 0 radical (unpaired) electrons. The second kappa shape index (κ2) is 11.5. The fraction of sp³-hybridized carbons (Fsp3) is 0.500. The molecule has 4 rings (SSSR count). The SMILES string of the molecule is CCOC(=O)[C@@H]1CCCN(C(=O)[C@H]2C[C@@H](c3ccc(F)c(C)c3)CN(Cc3ccccc3Cl)C2)C1. The van der Waals surface area contributed by atoms with Crippen molar-refractivity contribution in [3.8, 4) is 0 Å². The normalized spacial score (nSPS) is 23.2. The topological polar surface area (TPSA) is 49.9 Å². The number of nitrogens with zero attached hydrogens (tertiary/aromatic N) is 2. The molecule has 2 fully saturated rings. The summed E-state index contributed by atoms with van der Waals surface area (Å²) >= 11 is 6.44. The minimum Gasteiger partial charge on any atom is -0.466 e. The number of hydrogen-bond acceptors (Lipinski definition) is 4. The van der Waals surface area contributed by atoms with Crippen molar-refractivity contribution in [3.63, 3.8) is 0 Å². The van der Waals surface area contributed by atoms with Crippen LogP contribution in [0.15, 0.2) is 42.5 Å². The van der Waals surface area contributed by atoms with Crippen LogP contribution in [0.25, 0.3) is 0 Å². The first-order valence-electron chi connectivity index (χ1n) is 12.5. The average molecular weight is 501 g/mol. The number of hydrogen-bond donors (Lipinski definition) is 0. The van der Waals surface area contributed by atoms with Crippen molar-refractivity contribution in [3.05, 3.63) is 70.0 Å². The van der Waals surface area contributed by atoms with E-state index in [-0.39, 0.29) is 35.4 Å². The Hall–Kier alpha value is -2.44. The lowest BCUT2D eigenvalue weighted by Gasteiger charge is -2.41. The summed E-state index contributed by atoms with van der Waals surface area (Å²) in [7, 11) is 0. The van der Waals surface area contributed by atoms with Crippen LogP contribution < -0.4 is 0 Å². The maximum atomic E-state index is 14.0. The Morgan fingerprint density at radius 1 is 1.11 bits per heavy atom. The standard InChI is InChI=1S/C28H34ClFN2O3/c1-3-35-28(34)22-8-6-12-32(18-22)27(33)24-14-23(20-10-11-26(30)19(2)13-20)16-31(17-24)15-21-7-4-5-9-25(21)29/h4-5,7,9-11,13,22-24H,3,6,8,12,14-18H2,1-2H3/t22-,23-,24+/m1/s1. The molecular weight excluding hydrogens is 467 g/mol. The van der Waals surface area contributed by atoms with Crippen molar-refractivity contribution in [2.45, 2.75) is 45.6 Å². The molecule has 0 aliphatic carbocycles. The van der Waals surface area contributed by atoms with E-state index in [2.05, 4.69) is 4.90 Å². The van der Waals surface area contributed by atoms with Gasteiger partial charge in [-0.3, -0.25) is 14.5 Å². The highest BCUT2D eigenvalue weighted by atomic mass is 35.5. The van der Waals surface area contributed by atoms with Crippen molar-refractivity contribution >= 4 is 23.5 Å². The molecule has 2 aliphatic rings. The second-order valence-corrected chi connectivity index (χ2v) is 10.2. The Kier molecular flexibility index (Phi) is 8.45. The number of esters is 1. The lowest BCUT2D eigenvalue weighted by Crippen LogP contribution is -2.50. The van der Waals surface area contributed by atoms with E-state index in [4.69, 9.17) is 16.3 Å². The summed E-state index contributed by atoms with van der Waals surface area (Å²) in [6.07, 6.45) is 2.25. The molecule has 2 aliphatic heterocycles. The average Bonchev–Trinajstić information content (AvgIpc) is 2.86. The zero-order chi connectivity index (χ0) is 24.9. The monoisotopic (exact) mass is 500 g/mol. The Labute approximate surface area is 212 Å². The van der Waals surface area contributed by atoms with Crippen LogP contribution in [0.5, 0.6) is 0 Å². The molecule has 2 heterocycles. The number of likely N-dealkylation sites (tertiary alicyclic amines) is 2. The maximum Gasteiger partial charge on any atom is 0.310 e. The third-order valence-corrected chi connectivity index (χ3v) is 7.60. The quantitative estimate of drug-likeness (QED) is 0.512. The van der Waals surface area contributed by atoms with Crippen LogP contribution in [0.1, 0.15) is 48.8 Å². The highest BCUT2D eigenvalue weighted by Gasteiger charge is 2.37. The van der Waals surface area contributed by atoms with Crippen LogP contribution in [-0.4, -0.2) is 54.5 Å². The highest BCUT2D eigenvalue weighted by molar-refractivity contribution is 6.31. The molecule has 2 aromatic rings. The first-order valence-corrected chi connectivity index (χ1v) is 12.9. The molecule has 2 saturated heterocycles. The molecule has 0 saturated carbocycles. The summed E-state index contributed by atoms with van der Waals surface area (Å²) in [5.41, 5.74) is 2.69. The molecular formula is C28H34ClFN2O3. The minimum absolute atomic E-state index is 0.0895. The summed E-state index contributed by atoms with van der Waals surface area (Å²) < 4.78 is 19.2. The zero-order valence-corrected chi connectivity index (χ0v) is 21.3. The molecule has 188 valence electrons. The van der Waals surface area contributed by atoms with E-state index in [1.807, 2.05) is 41.3 Å². The molecule has 0 aromatic heterocycles. The largest absolute Gasteiger partial charge is 0.466 e. The number of carbonyl (C=O) groups excluding carboxylic acids is 2. The van der Waals surface area contributed by atoms with Gasteiger partial charge in [-0.05, 0) is 67.9 Å². The molecule has 5 nitrogen and oxygen atoms in total. The highest BCUT2D eigenvalue weighted by Crippen LogP contribution is 2.34. The van der Waals surface area contributed by atoms with Gasteiger partial charge >= 0.3 is 5.97 Å². The smallest absolute Gasteiger partial charge is 0.310 e. The number of carbonyl (C=O) groups is 2. The van der Waals surface area contributed by atoms with Crippen LogP contribution in [0.4, 0.5) is 4.39 Å². The molecule has 7 heteroatoms. The van der Waals surface area contributed by atoms with E-state index >= 15 is 0 Å². The lowest BCUT2D eigenvalue weighted by molar-refractivity contribution is -0.152. The molecule has 0 bridgehead atoms. The number of amides is 1. The van der Waals surface area contributed by atoms with Gasteiger partial charge in [-0.15, -0.1) is 0 Å². The van der Waals surface area contributed by atoms with Gasteiger partial charge in [0, 0.05) is 37.7 Å². The van der Waals surface area contributed by atoms with Gasteiger partial charge in [0.15, 0.2) is 0 Å². The van der Waals surface area contributed by atoms with Crippen LogP contribution in [0.3, 0.4) is 0 Å². The van der Waals surface area contributed by atoms with E-state index in [1.54, 1.807) is 13.8 Å². The van der Waals surface area contributed by atoms with Gasteiger partial charge in [0.05, 0.1) is 18.4 Å². The number of rotatable bonds is 6. The summed E-state index contributed by atoms with van der Waals surface area (Å²) in [6, 6.07) is 13.0. The lowest BCUT2D eigenvalue weighted by atomic mass is 9.82. The van der Waals surface area contributed by atoms with Gasteiger partial charge in [-0.25, -0.2) is 4.39 Å². The third-order valence-electron chi connectivity index (χ3n) is 7.23. The van der Waals surface area contributed by atoms with Gasteiger partial charge in [0.2, 0.25) is 5.91 Å². The van der Waals surface area contributed by atoms with Crippen molar-refractivity contribution in [1.29, 1.82) is 0 Å². The number of piperidine rings is 2. The van der Waals surface area contributed by atoms with Crippen molar-refractivity contribution < 1.29 is 18.7 Å². The number of ether oxygens (including phenoxy) is 1. The van der Waals surface area contributed by atoms with Crippen LogP contribution >= 0.6 is 11.6 Å². The Morgan fingerprint density at radius 3 is 2.66 bits per heavy atom. The Balaban J connectivity index is 1.54. The Morgan fingerprint density at radius 2 is 1.91 bits per heavy atom. The fourth-order valence-electron chi connectivity index (χ4n) is 5.42. The summed E-state index contributed by atoms with van der Waals surface area (Å²) in [5.74, 6) is -0.706. The summed E-state index contributed by atoms with van der Waals surface area (Å²) in [5, 5.41) is 0.712. The molecule has 2 aromatic carbocycles. The minimum atomic E-state index is -0.258. The predicted octanol–water partition coefficient (Wildman–Crippen LogP) is 5.19. The van der Waals surface area contributed by atoms with Gasteiger partial charge in [-0.1, -0.05) is 41.9 Å². The molecule has 3 atom stereocenters. The van der Waals surface area contributed by atoms with Gasteiger partial charge < -0.3 is 9.64 Å². The Bertz CT molecular complexity index is 1060. The molecule has 35 heavy (non-hydrogen) atoms. The van der Waals surface area contributed by atoms with Crippen molar-refractivity contribution in [2.24, 2.45) is 11.8 Å². The number of benzene rings is 2. The van der Waals surface area contributed by atoms with Crippen molar-refractivity contribution in [1.82, 2.24) is 9.80 Å². The van der Waals surface area contributed by atoms with Gasteiger partial charge in [0.25, 0.3) is 0 Å². The third kappa shape index (κ3) is 6.22. The first kappa shape index (κ1) is 25.6. The van der Waals surface area contributed by atoms with Crippen LogP contribution in [-0.2, 0) is 20.9 Å². The second-order valence-electron chi connectivity index (χ2n) is 9.80. The zero-order valence-electron chi connectivity index (χ0n) is 20.5. The number of halogens is 2. The van der Waals surface area contributed by atoms with E-state index < -0.39 is 0 Å². The van der Waals surface area contributed by atoms with Crippen LogP contribution in [0.2, 0.25) is 5.02 Å². The van der Waals surface area contributed by atoms with Crippen molar-refractivity contribution in [2.75, 3.05) is 32.8 Å². The maximum absolute atomic E-state index is 14.0. The number of aryl methyl sites for hydroxylation is 1. The fourth-order valence-corrected chi connectivity index (χ4v) is 5.61. The van der Waals surface area contributed by atoms with E-state index in [0.717, 1.165) is 30.5 Å². The van der Waals surface area contributed by atoms with Gasteiger partial charge in [-0.2, -0.15) is 0 Å². The van der Waals surface area contributed by atoms with Crippen LogP contribution in [0, 0.1) is 24.6 Å². The van der Waals surface area contributed by atoms with E-state index in [1.165, 1.54) is 6.07 Å². The van der Waals surface area contributed by atoms with E-state index in [0.29, 0.717) is 49.8 Å². The first-order chi connectivity index (χ1) is 16.9. The predicted molar refractivity (Wildman–Crippen MR) is 135 cm³/mol. The summed E-state index contributed by atoms with van der Waals surface area (Å²) in [6.45, 7) is 7.04. The molecule has 0 N–H and O–H groups in total. The molecule has 0 spiro atoms.